The summed E-state index contributed by atoms with van der Waals surface area (Å²) in [6.45, 7) is 1.83. The standard InChI is InChI=1S/C13H10N2O3/c1-8-11(5-6-17-8)12-14-13(18-15-12)9-3-2-4-10(16)7-9/h2-7,16H,1H3. The van der Waals surface area contributed by atoms with E-state index in [-0.39, 0.29) is 5.75 Å². The number of aromatic hydroxyl groups is 1. The van der Waals surface area contributed by atoms with Gasteiger partial charge >= 0.3 is 0 Å². The van der Waals surface area contributed by atoms with Gasteiger partial charge < -0.3 is 14.0 Å². The van der Waals surface area contributed by atoms with Crippen molar-refractivity contribution in [3.63, 3.8) is 0 Å². The second-order valence-corrected chi connectivity index (χ2v) is 3.86. The predicted octanol–water partition coefficient (Wildman–Crippen LogP) is 3.01. The molecule has 0 aliphatic heterocycles. The molecule has 1 N–H and O–H groups in total. The maximum absolute atomic E-state index is 9.40. The Bertz CT molecular complexity index is 685. The SMILES string of the molecule is Cc1occc1-c1noc(-c2cccc(O)c2)n1. The van der Waals surface area contributed by atoms with Gasteiger partial charge in [0, 0.05) is 5.56 Å². The number of benzene rings is 1. The van der Waals surface area contributed by atoms with E-state index >= 15 is 0 Å². The van der Waals surface area contributed by atoms with Crippen molar-refractivity contribution >= 4 is 0 Å². The third kappa shape index (κ3) is 1.75. The number of phenolic OH excluding ortho intramolecular Hbond substituents is 1. The molecular formula is C13H10N2O3. The minimum atomic E-state index is 0.159. The highest BCUT2D eigenvalue weighted by atomic mass is 16.5. The van der Waals surface area contributed by atoms with Gasteiger partial charge in [0.25, 0.3) is 5.89 Å². The molecule has 2 aromatic heterocycles. The lowest BCUT2D eigenvalue weighted by atomic mass is 10.2. The fourth-order valence-corrected chi connectivity index (χ4v) is 1.71. The van der Waals surface area contributed by atoms with Crippen molar-refractivity contribution in [3.8, 4) is 28.6 Å². The highest BCUT2D eigenvalue weighted by Gasteiger charge is 2.14. The number of furan rings is 1. The minimum Gasteiger partial charge on any atom is -0.508 e. The van der Waals surface area contributed by atoms with Gasteiger partial charge in [-0.05, 0) is 31.2 Å². The van der Waals surface area contributed by atoms with Crippen molar-refractivity contribution < 1.29 is 14.0 Å². The first-order chi connectivity index (χ1) is 8.74. The lowest BCUT2D eigenvalue weighted by Crippen LogP contribution is -1.81. The van der Waals surface area contributed by atoms with Crippen LogP contribution in [0.4, 0.5) is 0 Å². The van der Waals surface area contributed by atoms with Crippen LogP contribution in [-0.4, -0.2) is 15.2 Å². The monoisotopic (exact) mass is 242 g/mol. The van der Waals surface area contributed by atoms with Gasteiger partial charge in [-0.15, -0.1) is 0 Å². The number of aromatic nitrogens is 2. The van der Waals surface area contributed by atoms with Crippen LogP contribution < -0.4 is 0 Å². The van der Waals surface area contributed by atoms with Gasteiger partial charge in [0.1, 0.15) is 11.5 Å². The van der Waals surface area contributed by atoms with Crippen LogP contribution in [0.1, 0.15) is 5.76 Å². The van der Waals surface area contributed by atoms with Crippen LogP contribution in [0.2, 0.25) is 0 Å². The number of aryl methyl sites for hydroxylation is 1. The lowest BCUT2D eigenvalue weighted by molar-refractivity contribution is 0.431. The van der Waals surface area contributed by atoms with Crippen molar-refractivity contribution in [1.82, 2.24) is 10.1 Å². The van der Waals surface area contributed by atoms with Crippen LogP contribution >= 0.6 is 0 Å². The molecule has 0 saturated carbocycles. The van der Waals surface area contributed by atoms with Gasteiger partial charge in [0.2, 0.25) is 5.82 Å². The van der Waals surface area contributed by atoms with Crippen LogP contribution in [0, 0.1) is 6.92 Å². The molecule has 5 heteroatoms. The highest BCUT2D eigenvalue weighted by molar-refractivity contribution is 5.61. The average molecular weight is 242 g/mol. The van der Waals surface area contributed by atoms with Crippen LogP contribution in [0.3, 0.4) is 0 Å². The summed E-state index contributed by atoms with van der Waals surface area (Å²) in [6.07, 6.45) is 1.58. The van der Waals surface area contributed by atoms with E-state index < -0.39 is 0 Å². The largest absolute Gasteiger partial charge is 0.508 e. The molecule has 0 radical (unpaired) electrons. The van der Waals surface area contributed by atoms with Crippen molar-refractivity contribution in [3.05, 3.63) is 42.4 Å². The summed E-state index contributed by atoms with van der Waals surface area (Å²) in [5, 5.41) is 13.3. The molecule has 0 saturated heterocycles. The first kappa shape index (κ1) is 10.6. The second-order valence-electron chi connectivity index (χ2n) is 3.86. The molecule has 1 aromatic carbocycles. The zero-order valence-electron chi connectivity index (χ0n) is 9.62. The Morgan fingerprint density at radius 3 is 2.83 bits per heavy atom. The zero-order valence-corrected chi connectivity index (χ0v) is 9.62. The van der Waals surface area contributed by atoms with Crippen molar-refractivity contribution in [2.24, 2.45) is 0 Å². The minimum absolute atomic E-state index is 0.159. The summed E-state index contributed by atoms with van der Waals surface area (Å²) >= 11 is 0. The molecule has 0 aliphatic carbocycles. The normalized spacial score (nSPS) is 10.7. The Balaban J connectivity index is 2.02. The topological polar surface area (TPSA) is 72.3 Å². The van der Waals surface area contributed by atoms with E-state index in [1.807, 2.05) is 6.92 Å². The van der Waals surface area contributed by atoms with Gasteiger partial charge in [-0.1, -0.05) is 11.2 Å². The number of rotatable bonds is 2. The number of hydrogen-bond acceptors (Lipinski definition) is 5. The van der Waals surface area contributed by atoms with Gasteiger partial charge in [-0.25, -0.2) is 0 Å². The summed E-state index contributed by atoms with van der Waals surface area (Å²) < 4.78 is 10.4. The molecule has 18 heavy (non-hydrogen) atoms. The average Bonchev–Trinajstić information content (AvgIpc) is 2.97. The van der Waals surface area contributed by atoms with E-state index in [0.717, 1.165) is 11.3 Å². The summed E-state index contributed by atoms with van der Waals surface area (Å²) in [4.78, 5) is 4.28. The fraction of sp³-hybridized carbons (Fsp3) is 0.0769. The summed E-state index contributed by atoms with van der Waals surface area (Å²) in [5.41, 5.74) is 1.47. The predicted molar refractivity (Wildman–Crippen MR) is 63.8 cm³/mol. The molecule has 0 fully saturated rings. The molecule has 0 atom stereocenters. The third-order valence-corrected chi connectivity index (χ3v) is 2.62. The Hall–Kier alpha value is -2.56. The highest BCUT2D eigenvalue weighted by Crippen LogP contribution is 2.26. The van der Waals surface area contributed by atoms with E-state index in [4.69, 9.17) is 8.94 Å². The molecule has 2 heterocycles. The van der Waals surface area contributed by atoms with E-state index in [0.29, 0.717) is 17.3 Å². The van der Waals surface area contributed by atoms with Gasteiger partial charge in [-0.3, -0.25) is 0 Å². The third-order valence-electron chi connectivity index (χ3n) is 2.62. The van der Waals surface area contributed by atoms with E-state index in [9.17, 15) is 5.11 Å². The molecule has 0 unspecified atom stereocenters. The zero-order chi connectivity index (χ0) is 12.5. The van der Waals surface area contributed by atoms with Crippen LogP contribution in [-0.2, 0) is 0 Å². The van der Waals surface area contributed by atoms with Crippen molar-refractivity contribution in [2.45, 2.75) is 6.92 Å². The van der Waals surface area contributed by atoms with E-state index in [1.165, 1.54) is 0 Å². The van der Waals surface area contributed by atoms with Gasteiger partial charge in [0.05, 0.1) is 11.8 Å². The van der Waals surface area contributed by atoms with Crippen LogP contribution in [0.5, 0.6) is 5.75 Å². The smallest absolute Gasteiger partial charge is 0.258 e. The van der Waals surface area contributed by atoms with Gasteiger partial charge in [0.15, 0.2) is 0 Å². The second kappa shape index (κ2) is 4.03. The molecule has 0 bridgehead atoms. The molecule has 0 spiro atoms. The summed E-state index contributed by atoms with van der Waals surface area (Å²) in [6, 6.07) is 8.45. The fourth-order valence-electron chi connectivity index (χ4n) is 1.71. The summed E-state index contributed by atoms with van der Waals surface area (Å²) in [7, 11) is 0. The van der Waals surface area contributed by atoms with E-state index in [1.54, 1.807) is 36.6 Å². The Kier molecular flexibility index (Phi) is 2.37. The molecular weight excluding hydrogens is 232 g/mol. The first-order valence-corrected chi connectivity index (χ1v) is 5.41. The number of phenols is 1. The van der Waals surface area contributed by atoms with Crippen LogP contribution in [0.25, 0.3) is 22.8 Å². The molecule has 0 aliphatic rings. The molecule has 3 aromatic rings. The Labute approximate surface area is 103 Å². The lowest BCUT2D eigenvalue weighted by Gasteiger charge is -1.94. The first-order valence-electron chi connectivity index (χ1n) is 5.41. The van der Waals surface area contributed by atoms with Gasteiger partial charge in [-0.2, -0.15) is 4.98 Å². The maximum atomic E-state index is 9.40. The Morgan fingerprint density at radius 2 is 2.11 bits per heavy atom. The van der Waals surface area contributed by atoms with Crippen LogP contribution in [0.15, 0.2) is 45.5 Å². The Morgan fingerprint density at radius 1 is 1.22 bits per heavy atom. The number of hydrogen-bond donors (Lipinski definition) is 1. The molecule has 3 rings (SSSR count). The molecule has 90 valence electrons. The molecule has 5 nitrogen and oxygen atoms in total. The van der Waals surface area contributed by atoms with E-state index in [2.05, 4.69) is 10.1 Å². The molecule has 0 amide bonds. The number of nitrogens with zero attached hydrogens (tertiary/aromatic N) is 2. The maximum Gasteiger partial charge on any atom is 0.258 e. The quantitative estimate of drug-likeness (QED) is 0.747. The van der Waals surface area contributed by atoms with Crippen molar-refractivity contribution in [1.29, 1.82) is 0 Å². The van der Waals surface area contributed by atoms with Crippen molar-refractivity contribution in [2.75, 3.05) is 0 Å². The summed E-state index contributed by atoms with van der Waals surface area (Å²) in [5.74, 6) is 1.73.